The van der Waals surface area contributed by atoms with Crippen LogP contribution < -0.4 is 21.3 Å². The highest BCUT2D eigenvalue weighted by Gasteiger charge is 2.35. The maximum Gasteiger partial charge on any atom is 0.290 e. The van der Waals surface area contributed by atoms with Gasteiger partial charge in [0, 0.05) is 47.1 Å². The average Bonchev–Trinajstić information content (AvgIpc) is 3.40. The second kappa shape index (κ2) is 12.8. The highest BCUT2D eigenvalue weighted by molar-refractivity contribution is 6.38. The summed E-state index contributed by atoms with van der Waals surface area (Å²) in [5, 5.41) is 11.8. The van der Waals surface area contributed by atoms with Crippen molar-refractivity contribution in [2.24, 2.45) is 5.92 Å². The van der Waals surface area contributed by atoms with Crippen LogP contribution in [0.15, 0.2) is 60.8 Å². The Kier molecular flexibility index (Phi) is 9.21. The Morgan fingerprint density at radius 3 is 2.44 bits per heavy atom. The molecule has 5 N–H and O–H groups in total. The van der Waals surface area contributed by atoms with Crippen molar-refractivity contribution in [1.29, 1.82) is 0 Å². The van der Waals surface area contributed by atoms with Crippen molar-refractivity contribution in [1.82, 2.24) is 26.3 Å². The summed E-state index contributed by atoms with van der Waals surface area (Å²) in [7, 11) is 0. The number of piperidine rings is 1. The molecule has 4 rings (SSSR count). The number of fused-ring (bicyclic) bond motifs is 1. The molecule has 4 amide bonds. The van der Waals surface area contributed by atoms with Gasteiger partial charge in [-0.25, -0.2) is 0 Å². The van der Waals surface area contributed by atoms with E-state index in [-0.39, 0.29) is 18.7 Å². The first-order valence-electron chi connectivity index (χ1n) is 13.9. The third kappa shape index (κ3) is 8.03. The van der Waals surface area contributed by atoms with E-state index in [1.54, 1.807) is 45.2 Å². The molecule has 2 heterocycles. The lowest BCUT2D eigenvalue weighted by atomic mass is 9.89. The fourth-order valence-electron chi connectivity index (χ4n) is 4.90. The van der Waals surface area contributed by atoms with Crippen molar-refractivity contribution in [3.8, 4) is 0 Å². The number of aromatic amines is 1. The molecular weight excluding hydrogens is 522 g/mol. The Bertz CT molecular complexity index is 1430. The molecular formula is C31H37N5O5. The Morgan fingerprint density at radius 2 is 1.73 bits per heavy atom. The second-order valence-electron chi connectivity index (χ2n) is 11.5. The molecule has 216 valence electrons. The number of ketones is 1. The number of amides is 4. The highest BCUT2D eigenvalue weighted by atomic mass is 16.2. The quantitative estimate of drug-likeness (QED) is 0.242. The maximum absolute atomic E-state index is 13.7. The molecule has 0 spiro atoms. The van der Waals surface area contributed by atoms with Gasteiger partial charge in [0.25, 0.3) is 11.8 Å². The number of carbonyl (C=O) groups is 5. The van der Waals surface area contributed by atoms with Crippen LogP contribution in [-0.4, -0.2) is 58.6 Å². The van der Waals surface area contributed by atoms with Gasteiger partial charge in [0.05, 0.1) is 6.04 Å². The zero-order valence-electron chi connectivity index (χ0n) is 23.6. The van der Waals surface area contributed by atoms with Crippen LogP contribution in [-0.2, 0) is 25.6 Å². The minimum absolute atomic E-state index is 0.0237. The van der Waals surface area contributed by atoms with Gasteiger partial charge in [0.15, 0.2) is 0 Å². The lowest BCUT2D eigenvalue weighted by molar-refractivity contribution is -0.142. The largest absolute Gasteiger partial charge is 0.361 e. The van der Waals surface area contributed by atoms with Crippen LogP contribution in [0.4, 0.5) is 0 Å². The molecule has 10 heteroatoms. The van der Waals surface area contributed by atoms with E-state index in [9.17, 15) is 24.0 Å². The zero-order chi connectivity index (χ0) is 29.6. The molecule has 1 aromatic heterocycles. The minimum atomic E-state index is -1.25. The molecule has 3 atom stereocenters. The Labute approximate surface area is 239 Å². The first kappa shape index (κ1) is 29.5. The van der Waals surface area contributed by atoms with E-state index < -0.39 is 47.0 Å². The molecule has 0 unspecified atom stereocenters. The van der Waals surface area contributed by atoms with Gasteiger partial charge < -0.3 is 26.3 Å². The Hall–Kier alpha value is -4.47. The molecule has 0 saturated carbocycles. The van der Waals surface area contributed by atoms with E-state index in [0.29, 0.717) is 18.5 Å². The van der Waals surface area contributed by atoms with E-state index in [1.165, 1.54) is 0 Å². The molecule has 0 aliphatic carbocycles. The number of Topliss-reactive ketones (excluding diaryl/α,β-unsaturated/α-hetero) is 1. The van der Waals surface area contributed by atoms with Crippen molar-refractivity contribution in [3.05, 3.63) is 71.9 Å². The van der Waals surface area contributed by atoms with Gasteiger partial charge in [-0.2, -0.15) is 0 Å². The van der Waals surface area contributed by atoms with Crippen LogP contribution in [0.25, 0.3) is 10.9 Å². The summed E-state index contributed by atoms with van der Waals surface area (Å²) in [6.07, 6.45) is 3.18. The molecule has 1 aliphatic heterocycles. The van der Waals surface area contributed by atoms with Crippen molar-refractivity contribution in [3.63, 3.8) is 0 Å². The normalized spacial score (nSPS) is 16.8. The van der Waals surface area contributed by atoms with Gasteiger partial charge in [0.1, 0.15) is 6.04 Å². The fourth-order valence-corrected chi connectivity index (χ4v) is 4.90. The number of hydrogen-bond donors (Lipinski definition) is 5. The molecule has 0 radical (unpaired) electrons. The minimum Gasteiger partial charge on any atom is -0.361 e. The van der Waals surface area contributed by atoms with E-state index in [4.69, 9.17) is 0 Å². The van der Waals surface area contributed by atoms with E-state index in [1.807, 2.05) is 36.4 Å². The summed E-state index contributed by atoms with van der Waals surface area (Å²) in [5.41, 5.74) is 1.38. The van der Waals surface area contributed by atoms with Crippen LogP contribution in [0.3, 0.4) is 0 Å². The highest BCUT2D eigenvalue weighted by Crippen LogP contribution is 2.19. The number of benzene rings is 2. The molecule has 3 aromatic rings. The van der Waals surface area contributed by atoms with E-state index in [0.717, 1.165) is 22.9 Å². The summed E-state index contributed by atoms with van der Waals surface area (Å²) in [5.74, 6) is -3.51. The summed E-state index contributed by atoms with van der Waals surface area (Å²) in [6.45, 7) is 5.79. The van der Waals surface area contributed by atoms with Crippen LogP contribution >= 0.6 is 0 Å². The van der Waals surface area contributed by atoms with Crippen molar-refractivity contribution in [2.75, 3.05) is 6.54 Å². The first-order valence-corrected chi connectivity index (χ1v) is 13.9. The molecule has 0 bridgehead atoms. The molecule has 10 nitrogen and oxygen atoms in total. The fraction of sp³-hybridized carbons (Fsp3) is 0.387. The molecule has 1 aliphatic rings. The summed E-state index contributed by atoms with van der Waals surface area (Å²) in [6, 6.07) is 13.9. The number of H-pyrrole nitrogens is 1. The summed E-state index contributed by atoms with van der Waals surface area (Å²) < 4.78 is 0. The number of aromatic nitrogens is 1. The Morgan fingerprint density at radius 1 is 0.976 bits per heavy atom. The van der Waals surface area contributed by atoms with Crippen molar-refractivity contribution >= 4 is 40.3 Å². The molecule has 2 aromatic carbocycles. The summed E-state index contributed by atoms with van der Waals surface area (Å²) >= 11 is 0. The predicted octanol–water partition coefficient (Wildman–Crippen LogP) is 2.39. The SMILES string of the molecule is CC(C)(C)NC(=O)C(=O)[C@H](C[C@@H]1CCCNC1=O)NC(=O)[C@H](Cc1ccccc1)NC(=O)c1ccc2[nH]ccc2c1. The number of hydrogen-bond acceptors (Lipinski definition) is 5. The van der Waals surface area contributed by atoms with Gasteiger partial charge in [0.2, 0.25) is 17.6 Å². The van der Waals surface area contributed by atoms with Crippen molar-refractivity contribution in [2.45, 2.75) is 64.1 Å². The van der Waals surface area contributed by atoms with E-state index in [2.05, 4.69) is 26.3 Å². The second-order valence-corrected chi connectivity index (χ2v) is 11.5. The maximum atomic E-state index is 13.7. The zero-order valence-corrected chi connectivity index (χ0v) is 23.6. The van der Waals surface area contributed by atoms with Crippen LogP contribution in [0.1, 0.15) is 56.0 Å². The number of carbonyl (C=O) groups excluding carboxylic acids is 5. The Balaban J connectivity index is 1.57. The lowest BCUT2D eigenvalue weighted by Crippen LogP contribution is -2.57. The third-order valence-corrected chi connectivity index (χ3v) is 6.98. The third-order valence-electron chi connectivity index (χ3n) is 6.98. The molecule has 41 heavy (non-hydrogen) atoms. The van der Waals surface area contributed by atoms with Gasteiger partial charge in [-0.1, -0.05) is 30.3 Å². The number of rotatable bonds is 10. The smallest absolute Gasteiger partial charge is 0.290 e. The molecule has 1 fully saturated rings. The van der Waals surface area contributed by atoms with Gasteiger partial charge >= 0.3 is 0 Å². The molecule has 1 saturated heterocycles. The van der Waals surface area contributed by atoms with Crippen LogP contribution in [0.5, 0.6) is 0 Å². The monoisotopic (exact) mass is 559 g/mol. The topological polar surface area (TPSA) is 149 Å². The van der Waals surface area contributed by atoms with Gasteiger partial charge in [-0.05, 0) is 69.9 Å². The summed E-state index contributed by atoms with van der Waals surface area (Å²) in [4.78, 5) is 68.7. The number of nitrogens with one attached hydrogen (secondary N) is 5. The van der Waals surface area contributed by atoms with Crippen LogP contribution in [0, 0.1) is 5.92 Å². The standard InChI is InChI=1S/C31H37N5O5/c1-31(2,3)36-30(41)26(37)24(18-21-10-7-14-33-27(21)38)34-29(40)25(16-19-8-5-4-6-9-19)35-28(39)22-11-12-23-20(17-22)13-15-32-23/h4-6,8-9,11-13,15,17,21,24-25,32H,7,10,14,16,18H2,1-3H3,(H,33,38)(H,34,40)(H,35,39)(H,36,41)/t21-,24-,25-/m0/s1. The lowest BCUT2D eigenvalue weighted by Gasteiger charge is -2.28. The van der Waals surface area contributed by atoms with Gasteiger partial charge in [-0.3, -0.25) is 24.0 Å². The van der Waals surface area contributed by atoms with E-state index >= 15 is 0 Å². The average molecular weight is 560 g/mol. The predicted molar refractivity (Wildman–Crippen MR) is 155 cm³/mol. The van der Waals surface area contributed by atoms with Crippen LogP contribution in [0.2, 0.25) is 0 Å². The van der Waals surface area contributed by atoms with Gasteiger partial charge in [-0.15, -0.1) is 0 Å². The first-order chi connectivity index (χ1) is 19.5. The van der Waals surface area contributed by atoms with Crippen molar-refractivity contribution < 1.29 is 24.0 Å².